The Balaban J connectivity index is -0.00000264. The minimum atomic E-state index is -1.20. The number of carboxylic acid groups (broad SMARTS) is 1. The van der Waals surface area contributed by atoms with E-state index in [1.165, 1.54) is 49.8 Å². The molecule has 0 unspecified atom stereocenters. The Labute approximate surface area is 203 Å². The number of carbonyl (C=O) groups is 2. The largest absolute Gasteiger partial charge is 1.00 e. The summed E-state index contributed by atoms with van der Waals surface area (Å²) in [5.74, 6) is -1.21. The first-order valence-corrected chi connectivity index (χ1v) is 9.37. The van der Waals surface area contributed by atoms with Gasteiger partial charge in [0, 0.05) is 26.1 Å². The summed E-state index contributed by atoms with van der Waals surface area (Å²) in [4.78, 5) is 23.7. The van der Waals surface area contributed by atoms with Gasteiger partial charge in [-0.2, -0.15) is 0 Å². The zero-order valence-electron chi connectivity index (χ0n) is 17.2. The van der Waals surface area contributed by atoms with Crippen molar-refractivity contribution in [3.05, 3.63) is 0 Å². The summed E-state index contributed by atoms with van der Waals surface area (Å²) in [6.07, 6.45) is 11.5. The van der Waals surface area contributed by atoms with Gasteiger partial charge < -0.3 is 20.3 Å². The maximum atomic E-state index is 11.7. The van der Waals surface area contributed by atoms with Gasteiger partial charge in [-0.25, -0.2) is 0 Å². The first-order chi connectivity index (χ1) is 11.6. The summed E-state index contributed by atoms with van der Waals surface area (Å²) in [5, 5.41) is 23.9. The van der Waals surface area contributed by atoms with Crippen LogP contribution in [-0.4, -0.2) is 49.6 Å². The summed E-state index contributed by atoms with van der Waals surface area (Å²) < 4.78 is 0. The molecular weight excluding hydrogens is 354 g/mol. The molecule has 0 saturated heterocycles. The molecule has 0 saturated carbocycles. The van der Waals surface area contributed by atoms with Crippen LogP contribution in [0.5, 0.6) is 0 Å². The Morgan fingerprint density at radius 2 is 1.42 bits per heavy atom. The fourth-order valence-electron chi connectivity index (χ4n) is 2.62. The average Bonchev–Trinajstić information content (AvgIpc) is 2.53. The van der Waals surface area contributed by atoms with Gasteiger partial charge in [-0.3, -0.25) is 9.69 Å². The summed E-state index contributed by atoms with van der Waals surface area (Å²) in [6, 6.07) is 0. The van der Waals surface area contributed by atoms with Crippen molar-refractivity contribution in [3.8, 4) is 0 Å². The molecule has 0 aliphatic rings. The minimum absolute atomic E-state index is 0. The average molecular weight is 388 g/mol. The van der Waals surface area contributed by atoms with E-state index in [0.717, 1.165) is 12.8 Å². The van der Waals surface area contributed by atoms with E-state index in [1.54, 1.807) is 0 Å². The molecule has 0 spiro atoms. The zero-order valence-corrected chi connectivity index (χ0v) is 21.2. The van der Waals surface area contributed by atoms with E-state index < -0.39 is 5.97 Å². The van der Waals surface area contributed by atoms with Crippen molar-refractivity contribution in [2.24, 2.45) is 0 Å². The second-order valence-electron chi connectivity index (χ2n) is 6.28. The number of carbonyl (C=O) groups excluding carboxylic acids is 2. The summed E-state index contributed by atoms with van der Waals surface area (Å²) >= 11 is 0. The van der Waals surface area contributed by atoms with Gasteiger partial charge in [-0.15, -0.1) is 6.61 Å². The topological polar surface area (TPSA) is 95.5 Å². The molecule has 0 aromatic carbocycles. The molecule has 142 valence electrons. The first-order valence-electron chi connectivity index (χ1n) is 9.37. The number of amides is 1. The predicted molar refractivity (Wildman–Crippen MR) is 91.2 cm³/mol. The van der Waals surface area contributed by atoms with Crippen molar-refractivity contribution in [2.75, 3.05) is 32.8 Å². The van der Waals surface area contributed by atoms with Crippen LogP contribution in [0.4, 0.5) is 0 Å². The van der Waals surface area contributed by atoms with Crippen LogP contribution >= 0.6 is 0 Å². The Morgan fingerprint density at radius 1 is 0.885 bits per heavy atom. The van der Waals surface area contributed by atoms with Crippen molar-refractivity contribution in [3.63, 3.8) is 0 Å². The number of unbranched alkanes of at least 4 members (excludes halogenated alkanes) is 8. The molecule has 6 nitrogen and oxygen atoms in total. The molecule has 0 radical (unpaired) electrons. The van der Waals surface area contributed by atoms with Crippen molar-refractivity contribution < 1.29 is 78.9 Å². The molecule has 1 amide bonds. The van der Waals surface area contributed by atoms with E-state index in [9.17, 15) is 19.8 Å². The number of hydrogen-bond acceptors (Lipinski definition) is 5. The van der Waals surface area contributed by atoms with Gasteiger partial charge in [-0.05, 0) is 13.0 Å². The molecule has 0 aliphatic carbocycles. The van der Waals surface area contributed by atoms with Crippen LogP contribution in [0.15, 0.2) is 0 Å². The molecule has 0 bridgehead atoms. The summed E-state index contributed by atoms with van der Waals surface area (Å²) in [5.41, 5.74) is 0. The molecule has 0 aliphatic heterocycles. The molecule has 1 N–H and O–H groups in total. The van der Waals surface area contributed by atoms with Crippen LogP contribution in [0.25, 0.3) is 0 Å². The monoisotopic (exact) mass is 388 g/mol. The molecule has 0 aromatic heterocycles. The van der Waals surface area contributed by atoms with Gasteiger partial charge in [0.2, 0.25) is 5.91 Å². The molecule has 0 aromatic rings. The Kier molecular flexibility index (Phi) is 29.0. The standard InChI is InChI=1S/C18H35N2O4.2Na/c1-2-3-4-5-6-7-8-9-10-11-17(22)19-12-13-20(14-15-21)16-18(23)24;;/h2-16H2,1H3,(H,19,22)(H,23,24);;/q-1;2*+1/p-1. The van der Waals surface area contributed by atoms with Crippen LogP contribution in [0.2, 0.25) is 0 Å². The summed E-state index contributed by atoms with van der Waals surface area (Å²) in [6.45, 7) is 2.47. The molecule has 0 fully saturated rings. The Morgan fingerprint density at radius 3 is 1.92 bits per heavy atom. The van der Waals surface area contributed by atoms with Gasteiger partial charge >= 0.3 is 59.1 Å². The SMILES string of the molecule is CCCCCCCCCCCC(=O)NCCN(CC[O-])CC(=O)[O-].[Na+].[Na+]. The first kappa shape index (κ1) is 31.6. The van der Waals surface area contributed by atoms with Crippen LogP contribution in [-0.2, 0) is 9.59 Å². The number of nitrogens with one attached hydrogen (secondary N) is 1. The van der Waals surface area contributed by atoms with Gasteiger partial charge in [-0.1, -0.05) is 58.3 Å². The fraction of sp³-hybridized carbons (Fsp3) is 0.889. The van der Waals surface area contributed by atoms with Crippen molar-refractivity contribution >= 4 is 11.9 Å². The smallest absolute Gasteiger partial charge is 0.854 e. The van der Waals surface area contributed by atoms with E-state index in [2.05, 4.69) is 12.2 Å². The minimum Gasteiger partial charge on any atom is -0.854 e. The number of nitrogens with zero attached hydrogens (tertiary/aromatic N) is 1. The van der Waals surface area contributed by atoms with E-state index in [-0.39, 0.29) is 84.7 Å². The molecule has 0 heterocycles. The molecule has 0 atom stereocenters. The van der Waals surface area contributed by atoms with Crippen molar-refractivity contribution in [1.82, 2.24) is 10.2 Å². The normalized spacial score (nSPS) is 10.1. The van der Waals surface area contributed by atoms with Crippen LogP contribution in [0.3, 0.4) is 0 Å². The van der Waals surface area contributed by atoms with Crippen molar-refractivity contribution in [2.45, 2.75) is 71.1 Å². The van der Waals surface area contributed by atoms with Crippen LogP contribution < -0.4 is 74.6 Å². The van der Waals surface area contributed by atoms with E-state index >= 15 is 0 Å². The number of hydrogen-bond donors (Lipinski definition) is 1. The predicted octanol–water partition coefficient (Wildman–Crippen LogP) is -5.56. The van der Waals surface area contributed by atoms with Gasteiger partial charge in [0.1, 0.15) is 0 Å². The third-order valence-corrected chi connectivity index (χ3v) is 4.02. The van der Waals surface area contributed by atoms with Crippen LogP contribution in [0.1, 0.15) is 71.1 Å². The number of rotatable bonds is 17. The Bertz CT molecular complexity index is 334. The fourth-order valence-corrected chi connectivity index (χ4v) is 2.62. The van der Waals surface area contributed by atoms with E-state index in [1.807, 2.05) is 0 Å². The summed E-state index contributed by atoms with van der Waals surface area (Å²) in [7, 11) is 0. The molecule has 0 rings (SSSR count). The molecular formula is C18H34N2Na2O4. The third-order valence-electron chi connectivity index (χ3n) is 4.02. The third kappa shape index (κ3) is 22.9. The maximum Gasteiger partial charge on any atom is 1.00 e. The van der Waals surface area contributed by atoms with Gasteiger partial charge in [0.25, 0.3) is 0 Å². The maximum absolute atomic E-state index is 11.7. The quantitative estimate of drug-likeness (QED) is 0.198. The number of aliphatic carboxylic acids is 1. The van der Waals surface area contributed by atoms with Crippen LogP contribution in [0, 0.1) is 0 Å². The Hall–Kier alpha value is 0.860. The van der Waals surface area contributed by atoms with E-state index in [0.29, 0.717) is 19.5 Å². The second kappa shape index (κ2) is 23.9. The number of carboxylic acids is 1. The van der Waals surface area contributed by atoms with E-state index in [4.69, 9.17) is 0 Å². The van der Waals surface area contributed by atoms with Crippen molar-refractivity contribution in [1.29, 1.82) is 0 Å². The van der Waals surface area contributed by atoms with Gasteiger partial charge in [0.05, 0.1) is 5.97 Å². The molecule has 8 heteroatoms. The molecule has 26 heavy (non-hydrogen) atoms. The zero-order chi connectivity index (χ0) is 18.0. The van der Waals surface area contributed by atoms with Gasteiger partial charge in [0.15, 0.2) is 0 Å². The second-order valence-corrected chi connectivity index (χ2v) is 6.28.